The van der Waals surface area contributed by atoms with Crippen LogP contribution in [0.1, 0.15) is 46.0 Å². The zero-order chi connectivity index (χ0) is 13.2. The molecule has 0 aromatic rings. The second-order valence-corrected chi connectivity index (χ2v) is 6.17. The van der Waals surface area contributed by atoms with E-state index in [-0.39, 0.29) is 5.97 Å². The summed E-state index contributed by atoms with van der Waals surface area (Å²) in [4.78, 5) is 11.7. The largest absolute Gasteiger partial charge is 0.468 e. The molecule has 1 heterocycles. The summed E-state index contributed by atoms with van der Waals surface area (Å²) in [6.45, 7) is 4.97. The van der Waals surface area contributed by atoms with Gasteiger partial charge in [0, 0.05) is 12.1 Å². The Bertz CT molecular complexity index is 298. The van der Waals surface area contributed by atoms with E-state index in [1.807, 2.05) is 13.8 Å². The summed E-state index contributed by atoms with van der Waals surface area (Å²) in [5, 5.41) is 7.12. The molecule has 2 aliphatic rings. The second-order valence-electron chi connectivity index (χ2n) is 6.17. The van der Waals surface area contributed by atoms with Crippen molar-refractivity contribution in [3.63, 3.8) is 0 Å². The number of hydrogen-bond donors (Lipinski definition) is 2. The summed E-state index contributed by atoms with van der Waals surface area (Å²) in [5.74, 6) is 0.490. The number of carbonyl (C=O) groups excluding carboxylic acids is 1. The van der Waals surface area contributed by atoms with Crippen molar-refractivity contribution >= 4 is 5.97 Å². The molecule has 0 spiro atoms. The van der Waals surface area contributed by atoms with Crippen LogP contribution in [0.4, 0.5) is 0 Å². The maximum Gasteiger partial charge on any atom is 0.325 e. The fraction of sp³-hybridized carbons (Fsp3) is 0.929. The van der Waals surface area contributed by atoms with Crippen molar-refractivity contribution < 1.29 is 9.53 Å². The van der Waals surface area contributed by atoms with E-state index >= 15 is 0 Å². The van der Waals surface area contributed by atoms with Crippen LogP contribution in [-0.2, 0) is 9.53 Å². The van der Waals surface area contributed by atoms with Crippen LogP contribution in [0, 0.1) is 5.92 Å². The third-order valence-corrected chi connectivity index (χ3v) is 4.43. The van der Waals surface area contributed by atoms with Crippen molar-refractivity contribution in [3.05, 3.63) is 0 Å². The first-order valence-electron chi connectivity index (χ1n) is 7.14. The molecule has 2 rings (SSSR count). The van der Waals surface area contributed by atoms with Gasteiger partial charge in [-0.2, -0.15) is 0 Å². The lowest BCUT2D eigenvalue weighted by Gasteiger charge is -2.33. The van der Waals surface area contributed by atoms with Crippen LogP contribution in [0.15, 0.2) is 0 Å². The molecule has 0 aromatic heterocycles. The minimum Gasteiger partial charge on any atom is -0.468 e. The molecule has 0 aromatic carbocycles. The maximum absolute atomic E-state index is 11.7. The fourth-order valence-electron chi connectivity index (χ4n) is 3.50. The summed E-state index contributed by atoms with van der Waals surface area (Å²) in [6.07, 6.45) is 6.27. The topological polar surface area (TPSA) is 50.4 Å². The average molecular weight is 254 g/mol. The molecule has 3 unspecified atom stereocenters. The number of ether oxygens (including phenoxy) is 1. The van der Waals surface area contributed by atoms with Crippen LogP contribution < -0.4 is 10.6 Å². The number of esters is 1. The molecule has 2 fully saturated rings. The summed E-state index contributed by atoms with van der Waals surface area (Å²) >= 11 is 0. The van der Waals surface area contributed by atoms with Crippen molar-refractivity contribution in [3.8, 4) is 0 Å². The van der Waals surface area contributed by atoms with Crippen LogP contribution in [-0.4, -0.2) is 37.2 Å². The van der Waals surface area contributed by atoms with E-state index in [2.05, 4.69) is 10.6 Å². The van der Waals surface area contributed by atoms with E-state index in [0.717, 1.165) is 6.54 Å². The normalized spacial score (nSPS) is 32.7. The predicted octanol–water partition coefficient (Wildman–Crippen LogP) is 1.45. The van der Waals surface area contributed by atoms with Crippen LogP contribution in [0.3, 0.4) is 0 Å². The standard InChI is InChI=1S/C14H26N2O2/c1-14(2,13(17)18-3)16-12-7-4-6-10(12)11-8-5-9-15-11/h10-12,15-16H,4-9H2,1-3H3. The summed E-state index contributed by atoms with van der Waals surface area (Å²) in [6, 6.07) is 1.08. The van der Waals surface area contributed by atoms with E-state index in [4.69, 9.17) is 4.74 Å². The van der Waals surface area contributed by atoms with Gasteiger partial charge >= 0.3 is 5.97 Å². The highest BCUT2D eigenvalue weighted by Crippen LogP contribution is 2.33. The quantitative estimate of drug-likeness (QED) is 0.746. The Kier molecular flexibility index (Phi) is 4.28. The second kappa shape index (κ2) is 5.57. The molecule has 3 atom stereocenters. The van der Waals surface area contributed by atoms with Crippen LogP contribution in [0.2, 0.25) is 0 Å². The molecular formula is C14H26N2O2. The smallest absolute Gasteiger partial charge is 0.325 e. The highest BCUT2D eigenvalue weighted by Gasteiger charge is 2.39. The van der Waals surface area contributed by atoms with Gasteiger partial charge in [0.25, 0.3) is 0 Å². The van der Waals surface area contributed by atoms with E-state index < -0.39 is 5.54 Å². The van der Waals surface area contributed by atoms with Gasteiger partial charge in [-0.25, -0.2) is 0 Å². The first-order valence-corrected chi connectivity index (χ1v) is 7.14. The van der Waals surface area contributed by atoms with E-state index in [1.54, 1.807) is 0 Å². The first-order chi connectivity index (χ1) is 8.54. The van der Waals surface area contributed by atoms with Gasteiger partial charge in [-0.05, 0) is 52.0 Å². The Morgan fingerprint density at radius 3 is 2.67 bits per heavy atom. The van der Waals surface area contributed by atoms with Gasteiger partial charge in [0.15, 0.2) is 0 Å². The third kappa shape index (κ3) is 2.86. The molecule has 1 saturated carbocycles. The molecule has 4 nitrogen and oxygen atoms in total. The molecule has 1 aliphatic heterocycles. The lowest BCUT2D eigenvalue weighted by atomic mass is 9.91. The highest BCUT2D eigenvalue weighted by molar-refractivity contribution is 5.79. The number of rotatable bonds is 4. The van der Waals surface area contributed by atoms with Gasteiger partial charge in [-0.15, -0.1) is 0 Å². The molecule has 0 amide bonds. The van der Waals surface area contributed by atoms with Crippen molar-refractivity contribution in [2.24, 2.45) is 5.92 Å². The van der Waals surface area contributed by atoms with Gasteiger partial charge in [0.1, 0.15) is 5.54 Å². The lowest BCUT2D eigenvalue weighted by molar-refractivity contribution is -0.147. The van der Waals surface area contributed by atoms with E-state index in [9.17, 15) is 4.79 Å². The summed E-state index contributed by atoms with van der Waals surface area (Å²) in [7, 11) is 1.45. The number of carbonyl (C=O) groups is 1. The fourth-order valence-corrected chi connectivity index (χ4v) is 3.50. The predicted molar refractivity (Wildman–Crippen MR) is 71.4 cm³/mol. The lowest BCUT2D eigenvalue weighted by Crippen LogP contribution is -2.55. The Hall–Kier alpha value is -0.610. The molecule has 0 radical (unpaired) electrons. The molecule has 104 valence electrons. The number of nitrogens with one attached hydrogen (secondary N) is 2. The zero-order valence-corrected chi connectivity index (χ0v) is 11.8. The van der Waals surface area contributed by atoms with Crippen molar-refractivity contribution in [1.29, 1.82) is 0 Å². The van der Waals surface area contributed by atoms with Crippen molar-refractivity contribution in [2.45, 2.75) is 63.6 Å². The van der Waals surface area contributed by atoms with Crippen LogP contribution >= 0.6 is 0 Å². The Morgan fingerprint density at radius 2 is 2.06 bits per heavy atom. The SMILES string of the molecule is COC(=O)C(C)(C)NC1CCCC1C1CCCN1. The molecule has 2 N–H and O–H groups in total. The molecule has 4 heteroatoms. The Morgan fingerprint density at radius 1 is 1.28 bits per heavy atom. The molecule has 0 bridgehead atoms. The van der Waals surface area contributed by atoms with Crippen molar-refractivity contribution in [1.82, 2.24) is 10.6 Å². The first kappa shape index (κ1) is 13.8. The molecule has 1 aliphatic carbocycles. The minimum absolute atomic E-state index is 0.174. The molecular weight excluding hydrogens is 228 g/mol. The van der Waals surface area contributed by atoms with Gasteiger partial charge in [0.2, 0.25) is 0 Å². The summed E-state index contributed by atoms with van der Waals surface area (Å²) < 4.78 is 4.87. The Balaban J connectivity index is 1.97. The van der Waals surface area contributed by atoms with Crippen LogP contribution in [0.25, 0.3) is 0 Å². The highest BCUT2D eigenvalue weighted by atomic mass is 16.5. The Labute approximate surface area is 110 Å². The van der Waals surface area contributed by atoms with Crippen LogP contribution in [0.5, 0.6) is 0 Å². The van der Waals surface area contributed by atoms with Gasteiger partial charge in [0.05, 0.1) is 7.11 Å². The van der Waals surface area contributed by atoms with E-state index in [0.29, 0.717) is 18.0 Å². The average Bonchev–Trinajstić information content (AvgIpc) is 2.97. The monoisotopic (exact) mass is 254 g/mol. The molecule has 1 saturated heterocycles. The number of hydrogen-bond acceptors (Lipinski definition) is 4. The molecule has 18 heavy (non-hydrogen) atoms. The minimum atomic E-state index is -0.583. The zero-order valence-electron chi connectivity index (χ0n) is 11.8. The van der Waals surface area contributed by atoms with E-state index in [1.165, 1.54) is 39.2 Å². The van der Waals surface area contributed by atoms with Gasteiger partial charge in [-0.3, -0.25) is 10.1 Å². The third-order valence-electron chi connectivity index (χ3n) is 4.43. The summed E-state index contributed by atoms with van der Waals surface area (Å²) in [5.41, 5.74) is -0.583. The van der Waals surface area contributed by atoms with Gasteiger partial charge in [-0.1, -0.05) is 6.42 Å². The maximum atomic E-state index is 11.7. The van der Waals surface area contributed by atoms with Crippen molar-refractivity contribution in [2.75, 3.05) is 13.7 Å². The van der Waals surface area contributed by atoms with Gasteiger partial charge < -0.3 is 10.1 Å². The number of methoxy groups -OCH3 is 1.